The number of ether oxygens (including phenoxy) is 1. The van der Waals surface area contributed by atoms with Crippen molar-refractivity contribution >= 4 is 17.5 Å². The number of aliphatic hydroxyl groups excluding tert-OH is 1. The van der Waals surface area contributed by atoms with Gasteiger partial charge in [-0.2, -0.15) is 0 Å². The first-order valence-corrected chi connectivity index (χ1v) is 8.04. The van der Waals surface area contributed by atoms with Crippen molar-refractivity contribution in [3.63, 3.8) is 0 Å². The number of benzene rings is 2. The van der Waals surface area contributed by atoms with Crippen LogP contribution in [-0.4, -0.2) is 17.8 Å². The highest BCUT2D eigenvalue weighted by Crippen LogP contribution is 2.27. The molecular weight excluding hydrogens is 304 g/mol. The third-order valence-corrected chi connectivity index (χ3v) is 3.85. The SMILES string of the molecule is CCOC(=O)Nc1cccc(NC(C)c2cccc(CO)c2)c1C. The first-order valence-electron chi connectivity index (χ1n) is 8.04. The van der Waals surface area contributed by atoms with Gasteiger partial charge in [0.25, 0.3) is 0 Å². The van der Waals surface area contributed by atoms with Gasteiger partial charge in [0.15, 0.2) is 0 Å². The van der Waals surface area contributed by atoms with Crippen molar-refractivity contribution in [2.45, 2.75) is 33.4 Å². The van der Waals surface area contributed by atoms with E-state index in [-0.39, 0.29) is 12.6 Å². The van der Waals surface area contributed by atoms with Crippen molar-refractivity contribution in [3.05, 3.63) is 59.2 Å². The molecule has 2 aromatic rings. The van der Waals surface area contributed by atoms with Crippen LogP contribution in [0.15, 0.2) is 42.5 Å². The van der Waals surface area contributed by atoms with Gasteiger partial charge < -0.3 is 15.2 Å². The number of nitrogens with one attached hydrogen (secondary N) is 2. The molecule has 128 valence electrons. The van der Waals surface area contributed by atoms with Gasteiger partial charge in [0, 0.05) is 17.4 Å². The topological polar surface area (TPSA) is 70.6 Å². The van der Waals surface area contributed by atoms with Crippen molar-refractivity contribution in [2.75, 3.05) is 17.2 Å². The molecule has 5 heteroatoms. The number of rotatable bonds is 6. The number of carbonyl (C=O) groups excluding carboxylic acids is 1. The summed E-state index contributed by atoms with van der Waals surface area (Å²) >= 11 is 0. The van der Waals surface area contributed by atoms with Crippen LogP contribution in [-0.2, 0) is 11.3 Å². The van der Waals surface area contributed by atoms with Gasteiger partial charge in [-0.15, -0.1) is 0 Å². The third kappa shape index (κ3) is 4.49. The maximum atomic E-state index is 11.6. The number of hydrogen-bond acceptors (Lipinski definition) is 4. The maximum absolute atomic E-state index is 11.6. The molecule has 0 aliphatic rings. The number of aliphatic hydroxyl groups is 1. The Balaban J connectivity index is 2.15. The van der Waals surface area contributed by atoms with Crippen LogP contribution in [0.3, 0.4) is 0 Å². The van der Waals surface area contributed by atoms with E-state index in [9.17, 15) is 9.90 Å². The van der Waals surface area contributed by atoms with Crippen molar-refractivity contribution < 1.29 is 14.6 Å². The summed E-state index contributed by atoms with van der Waals surface area (Å²) in [4.78, 5) is 11.6. The van der Waals surface area contributed by atoms with Crippen LogP contribution in [0.25, 0.3) is 0 Å². The zero-order chi connectivity index (χ0) is 17.5. The molecule has 2 aromatic carbocycles. The van der Waals surface area contributed by atoms with E-state index in [0.29, 0.717) is 6.61 Å². The van der Waals surface area contributed by atoms with Crippen LogP contribution in [0.4, 0.5) is 16.2 Å². The minimum atomic E-state index is -0.457. The summed E-state index contributed by atoms with van der Waals surface area (Å²) in [5, 5.41) is 15.5. The van der Waals surface area contributed by atoms with Crippen molar-refractivity contribution in [1.82, 2.24) is 0 Å². The first-order chi connectivity index (χ1) is 11.5. The van der Waals surface area contributed by atoms with Gasteiger partial charge in [0.1, 0.15) is 0 Å². The van der Waals surface area contributed by atoms with E-state index in [1.807, 2.05) is 49.4 Å². The Kier molecular flexibility index (Phi) is 6.21. The second-order valence-electron chi connectivity index (χ2n) is 5.59. The van der Waals surface area contributed by atoms with Gasteiger partial charge in [-0.25, -0.2) is 4.79 Å². The van der Waals surface area contributed by atoms with Crippen LogP contribution < -0.4 is 10.6 Å². The molecule has 0 bridgehead atoms. The minimum Gasteiger partial charge on any atom is -0.450 e. The van der Waals surface area contributed by atoms with Crippen LogP contribution in [0.5, 0.6) is 0 Å². The third-order valence-electron chi connectivity index (χ3n) is 3.85. The summed E-state index contributed by atoms with van der Waals surface area (Å²) in [6.45, 7) is 6.13. The lowest BCUT2D eigenvalue weighted by atomic mass is 10.0. The molecule has 1 unspecified atom stereocenters. The summed E-state index contributed by atoms with van der Waals surface area (Å²) in [7, 11) is 0. The Bertz CT molecular complexity index is 701. The minimum absolute atomic E-state index is 0.0263. The zero-order valence-electron chi connectivity index (χ0n) is 14.3. The Morgan fingerprint density at radius 3 is 2.62 bits per heavy atom. The summed E-state index contributed by atoms with van der Waals surface area (Å²) in [5.74, 6) is 0. The standard InChI is InChI=1S/C19H24N2O3/c1-4-24-19(23)21-18-10-6-9-17(13(18)2)20-14(3)16-8-5-7-15(11-16)12-22/h5-11,14,20,22H,4,12H2,1-3H3,(H,21,23). The average Bonchev–Trinajstić information content (AvgIpc) is 2.58. The number of anilines is 2. The Labute approximate surface area is 142 Å². The van der Waals surface area contributed by atoms with Gasteiger partial charge >= 0.3 is 6.09 Å². The smallest absolute Gasteiger partial charge is 0.411 e. The molecule has 1 atom stereocenters. The molecule has 0 radical (unpaired) electrons. The van der Waals surface area contributed by atoms with E-state index in [1.165, 1.54) is 0 Å². The molecule has 24 heavy (non-hydrogen) atoms. The highest BCUT2D eigenvalue weighted by Gasteiger charge is 2.11. The second kappa shape index (κ2) is 8.36. The van der Waals surface area contributed by atoms with Crippen LogP contribution in [0.2, 0.25) is 0 Å². The molecule has 0 aromatic heterocycles. The van der Waals surface area contributed by atoms with E-state index in [0.717, 1.165) is 28.1 Å². The fourth-order valence-electron chi connectivity index (χ4n) is 2.48. The van der Waals surface area contributed by atoms with Gasteiger partial charge in [-0.05, 0) is 49.6 Å². The molecule has 0 spiro atoms. The normalized spacial score (nSPS) is 11.7. The van der Waals surface area contributed by atoms with Crippen molar-refractivity contribution in [1.29, 1.82) is 0 Å². The Morgan fingerprint density at radius 1 is 1.21 bits per heavy atom. The highest BCUT2D eigenvalue weighted by atomic mass is 16.5. The average molecular weight is 328 g/mol. The highest BCUT2D eigenvalue weighted by molar-refractivity contribution is 5.87. The van der Waals surface area contributed by atoms with Gasteiger partial charge in [0.05, 0.1) is 13.2 Å². The predicted octanol–water partition coefficient (Wildman–Crippen LogP) is 4.23. The summed E-state index contributed by atoms with van der Waals surface area (Å²) in [6, 6.07) is 13.6. The number of carbonyl (C=O) groups is 1. The van der Waals surface area contributed by atoms with Crippen LogP contribution >= 0.6 is 0 Å². The van der Waals surface area contributed by atoms with E-state index in [2.05, 4.69) is 17.6 Å². The van der Waals surface area contributed by atoms with E-state index >= 15 is 0 Å². The molecule has 0 fully saturated rings. The zero-order valence-corrected chi connectivity index (χ0v) is 14.3. The largest absolute Gasteiger partial charge is 0.450 e. The molecule has 0 aliphatic carbocycles. The van der Waals surface area contributed by atoms with Crippen LogP contribution in [0.1, 0.15) is 36.6 Å². The fourth-order valence-corrected chi connectivity index (χ4v) is 2.48. The van der Waals surface area contributed by atoms with Crippen molar-refractivity contribution in [3.8, 4) is 0 Å². The Morgan fingerprint density at radius 2 is 1.92 bits per heavy atom. The molecule has 0 saturated carbocycles. The van der Waals surface area contributed by atoms with E-state index in [4.69, 9.17) is 4.74 Å². The molecular formula is C19H24N2O3. The molecule has 5 nitrogen and oxygen atoms in total. The Hall–Kier alpha value is -2.53. The maximum Gasteiger partial charge on any atom is 0.411 e. The van der Waals surface area contributed by atoms with Crippen molar-refractivity contribution in [2.24, 2.45) is 0 Å². The predicted molar refractivity (Wildman–Crippen MR) is 96.2 cm³/mol. The van der Waals surface area contributed by atoms with E-state index < -0.39 is 6.09 Å². The monoisotopic (exact) mass is 328 g/mol. The molecule has 0 aliphatic heterocycles. The second-order valence-corrected chi connectivity index (χ2v) is 5.59. The lowest BCUT2D eigenvalue weighted by molar-refractivity contribution is 0.168. The first kappa shape index (κ1) is 17.8. The molecule has 2 rings (SSSR count). The number of amides is 1. The summed E-state index contributed by atoms with van der Waals surface area (Å²) in [5.41, 5.74) is 4.57. The van der Waals surface area contributed by atoms with E-state index in [1.54, 1.807) is 6.92 Å². The molecule has 3 N–H and O–H groups in total. The molecule has 1 amide bonds. The summed E-state index contributed by atoms with van der Waals surface area (Å²) in [6.07, 6.45) is -0.457. The van der Waals surface area contributed by atoms with Crippen LogP contribution in [0, 0.1) is 6.92 Å². The van der Waals surface area contributed by atoms with Gasteiger partial charge in [-0.1, -0.05) is 30.3 Å². The molecule has 0 heterocycles. The lowest BCUT2D eigenvalue weighted by Gasteiger charge is -2.19. The number of hydrogen-bond donors (Lipinski definition) is 3. The summed E-state index contributed by atoms with van der Waals surface area (Å²) < 4.78 is 4.92. The lowest BCUT2D eigenvalue weighted by Crippen LogP contribution is -2.15. The molecule has 0 saturated heterocycles. The van der Waals surface area contributed by atoms with Gasteiger partial charge in [-0.3, -0.25) is 5.32 Å². The fraction of sp³-hybridized carbons (Fsp3) is 0.316. The quantitative estimate of drug-likeness (QED) is 0.742. The van der Waals surface area contributed by atoms with Gasteiger partial charge in [0.2, 0.25) is 0 Å².